The number of aromatic amines is 1. The zero-order valence-corrected chi connectivity index (χ0v) is 18.3. The van der Waals surface area contributed by atoms with Crippen molar-refractivity contribution in [2.45, 2.75) is 26.1 Å². The van der Waals surface area contributed by atoms with Crippen LogP contribution >= 0.6 is 0 Å². The summed E-state index contributed by atoms with van der Waals surface area (Å²) in [6.45, 7) is 3.95. The molecule has 2 atom stereocenters. The summed E-state index contributed by atoms with van der Waals surface area (Å²) < 4.78 is 12.4. The van der Waals surface area contributed by atoms with Gasteiger partial charge in [0, 0.05) is 23.5 Å². The second-order valence-corrected chi connectivity index (χ2v) is 8.07. The van der Waals surface area contributed by atoms with Crippen molar-refractivity contribution in [3.05, 3.63) is 102 Å². The maximum atomic E-state index is 10.1. The molecule has 6 nitrogen and oxygen atoms in total. The van der Waals surface area contributed by atoms with Gasteiger partial charge in [0.2, 0.25) is 0 Å². The van der Waals surface area contributed by atoms with Gasteiger partial charge >= 0.3 is 0 Å². The summed E-state index contributed by atoms with van der Waals surface area (Å²) in [5.41, 5.74) is 4.55. The third-order valence-electron chi connectivity index (χ3n) is 5.84. The van der Waals surface area contributed by atoms with Crippen LogP contribution in [0.1, 0.15) is 48.6 Å². The highest BCUT2D eigenvalue weighted by atomic mass is 16.5. The van der Waals surface area contributed by atoms with Crippen LogP contribution in [0.5, 0.6) is 23.0 Å². The Hall–Kier alpha value is -4.19. The number of fused-ring (bicyclic) bond motifs is 1. The quantitative estimate of drug-likeness (QED) is 0.353. The van der Waals surface area contributed by atoms with Crippen molar-refractivity contribution in [3.8, 4) is 23.0 Å². The highest BCUT2D eigenvalue weighted by Crippen LogP contribution is 2.47. The minimum absolute atomic E-state index is 0.178. The number of nitrogens with zero attached hydrogens (tertiary/aromatic N) is 1. The van der Waals surface area contributed by atoms with Gasteiger partial charge in [-0.3, -0.25) is 0 Å². The number of allylic oxidation sites excluding steroid dienone is 1. The molecule has 1 aromatic heterocycles. The molecule has 2 unspecified atom stereocenters. The van der Waals surface area contributed by atoms with Gasteiger partial charge < -0.3 is 24.7 Å². The predicted octanol–water partition coefficient (Wildman–Crippen LogP) is 6.03. The van der Waals surface area contributed by atoms with E-state index >= 15 is 0 Å². The number of imidazole rings is 1. The van der Waals surface area contributed by atoms with Gasteiger partial charge in [-0.25, -0.2) is 4.98 Å². The van der Waals surface area contributed by atoms with E-state index in [2.05, 4.69) is 9.97 Å². The molecule has 0 fully saturated rings. The van der Waals surface area contributed by atoms with E-state index in [-0.39, 0.29) is 23.7 Å². The third kappa shape index (κ3) is 4.03. The van der Waals surface area contributed by atoms with Crippen molar-refractivity contribution >= 4 is 11.1 Å². The van der Waals surface area contributed by atoms with E-state index in [1.165, 1.54) is 0 Å². The number of phenols is 2. The van der Waals surface area contributed by atoms with Gasteiger partial charge in [-0.1, -0.05) is 24.3 Å². The molecule has 0 amide bonds. The lowest BCUT2D eigenvalue weighted by atomic mass is 9.86. The molecule has 2 heterocycles. The number of hydrogen-bond acceptors (Lipinski definition) is 5. The Bertz CT molecular complexity index is 1310. The average Bonchev–Trinajstić information content (AvgIpc) is 3.35. The second-order valence-electron chi connectivity index (χ2n) is 8.07. The molecule has 0 radical (unpaired) electrons. The smallest absolute Gasteiger partial charge is 0.153 e. The van der Waals surface area contributed by atoms with Gasteiger partial charge in [0.15, 0.2) is 6.10 Å². The summed E-state index contributed by atoms with van der Waals surface area (Å²) in [5, 5.41) is 20.1. The first-order valence-corrected chi connectivity index (χ1v) is 10.8. The van der Waals surface area contributed by atoms with Crippen molar-refractivity contribution < 1.29 is 19.7 Å². The highest BCUT2D eigenvalue weighted by Gasteiger charge is 2.29. The summed E-state index contributed by atoms with van der Waals surface area (Å²) in [4.78, 5) is 7.31. The minimum Gasteiger partial charge on any atom is -0.508 e. The summed E-state index contributed by atoms with van der Waals surface area (Å²) >= 11 is 0. The van der Waals surface area contributed by atoms with Crippen LogP contribution in [0.25, 0.3) is 11.1 Å². The molecule has 1 aliphatic rings. The number of H-pyrrole nitrogens is 1. The van der Waals surface area contributed by atoms with Crippen molar-refractivity contribution in [2.24, 2.45) is 0 Å². The zero-order chi connectivity index (χ0) is 22.9. The van der Waals surface area contributed by atoms with Crippen LogP contribution in [-0.2, 0) is 0 Å². The van der Waals surface area contributed by atoms with Crippen molar-refractivity contribution in [1.29, 1.82) is 0 Å². The fourth-order valence-electron chi connectivity index (χ4n) is 4.20. The van der Waals surface area contributed by atoms with E-state index in [1.807, 2.05) is 50.2 Å². The van der Waals surface area contributed by atoms with Gasteiger partial charge in [-0.05, 0) is 73.0 Å². The lowest BCUT2D eigenvalue weighted by Crippen LogP contribution is -2.16. The fourth-order valence-corrected chi connectivity index (χ4v) is 4.20. The van der Waals surface area contributed by atoms with E-state index in [1.54, 1.807) is 42.7 Å². The lowest BCUT2D eigenvalue weighted by molar-refractivity contribution is 0.217. The van der Waals surface area contributed by atoms with Gasteiger partial charge in [0.05, 0.1) is 0 Å². The lowest BCUT2D eigenvalue weighted by Gasteiger charge is -2.31. The molecular formula is C27H24N2O4. The number of nitrogens with one attached hydrogen (secondary N) is 1. The minimum atomic E-state index is -0.389. The van der Waals surface area contributed by atoms with Crippen molar-refractivity contribution in [3.63, 3.8) is 0 Å². The van der Waals surface area contributed by atoms with E-state index in [4.69, 9.17) is 9.47 Å². The maximum Gasteiger partial charge on any atom is 0.153 e. The topological polar surface area (TPSA) is 87.6 Å². The van der Waals surface area contributed by atoms with Gasteiger partial charge in [0.1, 0.15) is 34.9 Å². The van der Waals surface area contributed by atoms with Crippen molar-refractivity contribution in [1.82, 2.24) is 9.97 Å². The first-order valence-electron chi connectivity index (χ1n) is 10.8. The third-order valence-corrected chi connectivity index (χ3v) is 5.84. The molecular weight excluding hydrogens is 416 g/mol. The van der Waals surface area contributed by atoms with Crippen LogP contribution in [0.3, 0.4) is 0 Å². The van der Waals surface area contributed by atoms with Crippen molar-refractivity contribution in [2.75, 3.05) is 0 Å². The first-order chi connectivity index (χ1) is 16.0. The zero-order valence-electron chi connectivity index (χ0n) is 18.3. The Balaban J connectivity index is 1.52. The van der Waals surface area contributed by atoms with Crippen LogP contribution in [0, 0.1) is 0 Å². The van der Waals surface area contributed by atoms with Crippen LogP contribution in [0.15, 0.2) is 79.1 Å². The standard InChI is InChI=1S/C27H24N2O4/c1-16-23-15-21(31)8-11-24(23)33-26(25(16)19-4-3-5-20(30)14-19)18-6-9-22(10-7-18)32-17(2)27-28-12-13-29-27/h3-15,17,26,30-31H,1-2H3,(H,28,29). The van der Waals surface area contributed by atoms with Gasteiger partial charge in [-0.2, -0.15) is 0 Å². The summed E-state index contributed by atoms with van der Waals surface area (Å²) in [5.74, 6) is 2.55. The van der Waals surface area contributed by atoms with E-state index < -0.39 is 0 Å². The number of ether oxygens (including phenoxy) is 2. The SMILES string of the molecule is CC1=C(c2cccc(O)c2)C(c2ccc(OC(C)c3ncc[nH]3)cc2)Oc2ccc(O)cc21. The molecule has 0 saturated heterocycles. The van der Waals surface area contributed by atoms with Crippen LogP contribution in [-0.4, -0.2) is 20.2 Å². The number of aromatic hydroxyl groups is 2. The molecule has 3 N–H and O–H groups in total. The molecule has 0 aliphatic carbocycles. The molecule has 166 valence electrons. The van der Waals surface area contributed by atoms with Crippen LogP contribution in [0.4, 0.5) is 0 Å². The molecule has 1 aliphatic heterocycles. The van der Waals surface area contributed by atoms with Gasteiger partial charge in [-0.15, -0.1) is 0 Å². The number of aromatic nitrogens is 2. The van der Waals surface area contributed by atoms with Gasteiger partial charge in [0.25, 0.3) is 0 Å². The normalized spacial score (nSPS) is 16.1. The number of rotatable bonds is 5. The predicted molar refractivity (Wildman–Crippen MR) is 126 cm³/mol. The van der Waals surface area contributed by atoms with Crippen LogP contribution < -0.4 is 9.47 Å². The maximum absolute atomic E-state index is 10.1. The summed E-state index contributed by atoms with van der Waals surface area (Å²) in [6.07, 6.45) is 2.88. The molecule has 0 bridgehead atoms. The Kier molecular flexibility index (Phi) is 5.26. The van der Waals surface area contributed by atoms with E-state index in [9.17, 15) is 10.2 Å². The number of phenolic OH excluding ortho intramolecular Hbond substituents is 2. The fraction of sp³-hybridized carbons (Fsp3) is 0.148. The Morgan fingerprint density at radius 2 is 1.79 bits per heavy atom. The molecule has 33 heavy (non-hydrogen) atoms. The van der Waals surface area contributed by atoms with E-state index in [0.29, 0.717) is 5.75 Å². The summed E-state index contributed by atoms with van der Waals surface area (Å²) in [7, 11) is 0. The molecule has 5 rings (SSSR count). The molecule has 3 aromatic carbocycles. The Morgan fingerprint density at radius 3 is 2.52 bits per heavy atom. The monoisotopic (exact) mass is 440 g/mol. The Labute approximate surface area is 191 Å². The Morgan fingerprint density at radius 1 is 1.00 bits per heavy atom. The largest absolute Gasteiger partial charge is 0.508 e. The second kappa shape index (κ2) is 8.39. The average molecular weight is 440 g/mol. The first kappa shape index (κ1) is 20.7. The molecule has 4 aromatic rings. The van der Waals surface area contributed by atoms with E-state index in [0.717, 1.165) is 39.4 Å². The molecule has 0 saturated carbocycles. The van der Waals surface area contributed by atoms with Crippen LogP contribution in [0.2, 0.25) is 0 Å². The molecule has 6 heteroatoms. The molecule has 0 spiro atoms. The summed E-state index contributed by atoms with van der Waals surface area (Å²) in [6, 6.07) is 20.0. The number of hydrogen-bond donors (Lipinski definition) is 3. The number of benzene rings is 3. The highest BCUT2D eigenvalue weighted by molar-refractivity contribution is 5.95.